The summed E-state index contributed by atoms with van der Waals surface area (Å²) in [7, 11) is 1.41. The minimum Gasteiger partial charge on any atom is -0.431 e. The molecule has 1 aromatic carbocycles. The molecule has 42 heavy (non-hydrogen) atoms. The highest BCUT2D eigenvalue weighted by molar-refractivity contribution is 7.11. The number of alkyl halides is 7. The number of hydrogen-bond acceptors (Lipinski definition) is 7. The fourth-order valence-corrected chi connectivity index (χ4v) is 6.37. The highest BCUT2D eigenvalue weighted by Crippen LogP contribution is 2.48. The molecule has 3 rings (SSSR count). The number of aliphatic hydroxyl groups is 1. The third kappa shape index (κ3) is 9.33. The smallest absolute Gasteiger partial charge is 0.392 e. The van der Waals surface area contributed by atoms with Crippen molar-refractivity contribution in [2.24, 2.45) is 5.92 Å². The molecule has 2 aromatic rings. The quantitative estimate of drug-likeness (QED) is 0.125. The lowest BCUT2D eigenvalue weighted by Gasteiger charge is -2.37. The van der Waals surface area contributed by atoms with E-state index in [0.29, 0.717) is 41.7 Å². The van der Waals surface area contributed by atoms with Crippen LogP contribution in [0.1, 0.15) is 73.2 Å². The van der Waals surface area contributed by atoms with Crippen LogP contribution in [0.25, 0.3) is 0 Å². The van der Waals surface area contributed by atoms with Crippen LogP contribution in [-0.2, 0) is 10.4 Å². The summed E-state index contributed by atoms with van der Waals surface area (Å²) >= 11 is 0.900. The Labute approximate surface area is 243 Å². The van der Waals surface area contributed by atoms with Crippen LogP contribution in [0.4, 0.5) is 30.7 Å². The Kier molecular flexibility index (Phi) is 12.1. The summed E-state index contributed by atoms with van der Waals surface area (Å²) in [5.74, 6) is -2.58. The van der Waals surface area contributed by atoms with E-state index in [1.807, 2.05) is 0 Å². The third-order valence-corrected chi connectivity index (χ3v) is 8.36. The van der Waals surface area contributed by atoms with Crippen LogP contribution < -0.4 is 15.0 Å². The Bertz CT molecular complexity index is 1200. The zero-order chi connectivity index (χ0) is 30.9. The van der Waals surface area contributed by atoms with Gasteiger partial charge in [-0.15, -0.1) is 11.3 Å². The molecule has 1 fully saturated rings. The Morgan fingerprint density at radius 1 is 1.10 bits per heavy atom. The van der Waals surface area contributed by atoms with Crippen molar-refractivity contribution in [1.82, 2.24) is 10.5 Å². The monoisotopic (exact) mass is 626 g/mol. The second-order valence-corrected chi connectivity index (χ2v) is 10.9. The van der Waals surface area contributed by atoms with Crippen molar-refractivity contribution in [3.63, 3.8) is 0 Å². The van der Waals surface area contributed by atoms with E-state index in [-0.39, 0.29) is 11.4 Å². The zero-order valence-electron chi connectivity index (χ0n) is 23.0. The second-order valence-electron chi connectivity index (χ2n) is 9.86. The lowest BCUT2D eigenvalue weighted by molar-refractivity contribution is -0.194. The van der Waals surface area contributed by atoms with Crippen molar-refractivity contribution in [2.75, 3.05) is 7.11 Å². The number of hydrogen-bond donors (Lipinski definition) is 2. The summed E-state index contributed by atoms with van der Waals surface area (Å²) < 4.78 is 102. The minimum atomic E-state index is -4.66. The molecule has 0 spiro atoms. The summed E-state index contributed by atoms with van der Waals surface area (Å²) in [6.07, 6.45) is 3.47. The van der Waals surface area contributed by atoms with Crippen molar-refractivity contribution >= 4 is 11.3 Å². The predicted molar refractivity (Wildman–Crippen MR) is 142 cm³/mol. The Morgan fingerprint density at radius 2 is 1.76 bits per heavy atom. The van der Waals surface area contributed by atoms with E-state index in [0.717, 1.165) is 29.9 Å². The second kappa shape index (κ2) is 15.1. The molecule has 14 heteroatoms. The van der Waals surface area contributed by atoms with Crippen LogP contribution in [0.5, 0.6) is 11.5 Å². The predicted octanol–water partition coefficient (Wildman–Crippen LogP) is 8.20. The molecule has 1 heterocycles. The summed E-state index contributed by atoms with van der Waals surface area (Å²) in [4.78, 5) is 9.48. The molecule has 0 aliphatic heterocycles. The molecule has 0 amide bonds. The summed E-state index contributed by atoms with van der Waals surface area (Å²) in [5.41, 5.74) is 1.34. The van der Waals surface area contributed by atoms with Gasteiger partial charge >= 0.3 is 19.4 Å². The van der Waals surface area contributed by atoms with E-state index in [1.54, 1.807) is 19.1 Å². The van der Waals surface area contributed by atoms with Gasteiger partial charge in [0.2, 0.25) is 0 Å². The first-order chi connectivity index (χ1) is 19.9. The number of ether oxygens (including phenoxy) is 2. The van der Waals surface area contributed by atoms with Crippen molar-refractivity contribution < 1.29 is 50.2 Å². The van der Waals surface area contributed by atoms with Crippen LogP contribution in [0.2, 0.25) is 0 Å². The first-order valence-corrected chi connectivity index (χ1v) is 14.1. The van der Waals surface area contributed by atoms with Crippen LogP contribution in [0, 0.1) is 5.92 Å². The molecule has 1 aromatic heterocycles. The largest absolute Gasteiger partial charge is 0.431 e. The maximum Gasteiger partial charge on any atom is 0.392 e. The van der Waals surface area contributed by atoms with Crippen molar-refractivity contribution in [3.05, 3.63) is 63.8 Å². The number of allylic oxidation sites excluding steroid dienone is 3. The van der Waals surface area contributed by atoms with Crippen LogP contribution in [-0.4, -0.2) is 36.6 Å². The van der Waals surface area contributed by atoms with Crippen LogP contribution in [0.15, 0.2) is 48.3 Å². The number of aromatic nitrogens is 1. The lowest BCUT2D eigenvalue weighted by Crippen LogP contribution is -2.40. The number of benzene rings is 1. The summed E-state index contributed by atoms with van der Waals surface area (Å²) in [6.45, 7) is -4.89. The molecular weight excluding hydrogens is 593 g/mol. The van der Waals surface area contributed by atoms with Gasteiger partial charge in [-0.25, -0.2) is 4.98 Å². The van der Waals surface area contributed by atoms with Gasteiger partial charge in [0.1, 0.15) is 10.6 Å². The molecule has 2 unspecified atom stereocenters. The van der Waals surface area contributed by atoms with E-state index in [9.17, 15) is 35.8 Å². The van der Waals surface area contributed by atoms with Gasteiger partial charge < -0.3 is 14.6 Å². The number of thiazole rings is 1. The molecule has 0 saturated heterocycles. The first-order valence-electron chi connectivity index (χ1n) is 13.3. The molecule has 234 valence electrons. The maximum absolute atomic E-state index is 13.7. The van der Waals surface area contributed by atoms with Gasteiger partial charge in [-0.3, -0.25) is 10.3 Å². The van der Waals surface area contributed by atoms with E-state index >= 15 is 0 Å². The Hall–Kier alpha value is -2.84. The molecule has 1 aliphatic rings. The van der Waals surface area contributed by atoms with Crippen molar-refractivity contribution in [2.45, 2.75) is 82.8 Å². The summed E-state index contributed by atoms with van der Waals surface area (Å²) in [5, 5.41) is 11.4. The zero-order valence-corrected chi connectivity index (χ0v) is 23.8. The highest BCUT2D eigenvalue weighted by Gasteiger charge is 2.49. The number of rotatable bonds is 14. The number of hydroxylamine groups is 1. The molecule has 0 bridgehead atoms. The average Bonchev–Trinajstić information content (AvgIpc) is 3.41. The average molecular weight is 627 g/mol. The van der Waals surface area contributed by atoms with E-state index in [1.165, 1.54) is 25.6 Å². The molecule has 0 radical (unpaired) electrons. The topological polar surface area (TPSA) is 72.8 Å². The van der Waals surface area contributed by atoms with Gasteiger partial charge in [-0.05, 0) is 61.4 Å². The van der Waals surface area contributed by atoms with Crippen molar-refractivity contribution in [3.8, 4) is 11.5 Å². The molecule has 2 atom stereocenters. The van der Waals surface area contributed by atoms with Crippen LogP contribution in [0.3, 0.4) is 0 Å². The fourth-order valence-electron chi connectivity index (χ4n) is 5.16. The van der Waals surface area contributed by atoms with Gasteiger partial charge in [0.25, 0.3) is 0 Å². The van der Waals surface area contributed by atoms with E-state index < -0.39 is 54.8 Å². The number of nitrogens with zero attached hydrogens (tertiary/aromatic N) is 1. The maximum atomic E-state index is 13.7. The van der Waals surface area contributed by atoms with Crippen LogP contribution >= 0.6 is 11.3 Å². The normalized spacial score (nSPS) is 17.6. The van der Waals surface area contributed by atoms with Gasteiger partial charge in [0, 0.05) is 23.2 Å². The van der Waals surface area contributed by atoms with E-state index in [2.05, 4.69) is 19.9 Å². The Morgan fingerprint density at radius 3 is 2.36 bits per heavy atom. The highest BCUT2D eigenvalue weighted by atomic mass is 32.1. The standard InChI is InChI=1S/C28H33F7N2O4S/c1-3-17(11-12-37-39-2)13-20(18-9-10-21(40-25(29)30)22(14-18)41-26(31)32)23-15-36-24(42-23)27(38,16-28(33,34)35)19-7-5-4-6-8-19/h3,9-12,14-15,19-20,25-26,37-38H,4-8,13,16H2,1-2H3/b12-11-,17-3+. The van der Waals surface area contributed by atoms with Gasteiger partial charge in [-0.1, -0.05) is 31.4 Å². The van der Waals surface area contributed by atoms with Crippen molar-refractivity contribution in [1.29, 1.82) is 0 Å². The number of halogens is 7. The number of nitrogens with one attached hydrogen (secondary N) is 1. The molecule has 1 aliphatic carbocycles. The molecule has 2 N–H and O–H groups in total. The van der Waals surface area contributed by atoms with Gasteiger partial charge in [0.15, 0.2) is 11.5 Å². The van der Waals surface area contributed by atoms with Gasteiger partial charge in [0.05, 0.1) is 13.5 Å². The minimum absolute atomic E-state index is 0.0907. The molecule has 6 nitrogen and oxygen atoms in total. The SMILES string of the molecule is C/C=C(\C=C/NOC)CC(c1ccc(OC(F)F)c(OC(F)F)c1)c1cnc(C(O)(CC(F)(F)F)C2CCCCC2)s1. The third-order valence-electron chi connectivity index (χ3n) is 7.08. The van der Waals surface area contributed by atoms with E-state index in [4.69, 9.17) is 4.84 Å². The summed E-state index contributed by atoms with van der Waals surface area (Å²) in [6, 6.07) is 3.57. The lowest BCUT2D eigenvalue weighted by atomic mass is 9.75. The molecular formula is C28H33F7N2O4S. The van der Waals surface area contributed by atoms with Gasteiger partial charge in [-0.2, -0.15) is 30.7 Å². The first kappa shape index (κ1) is 33.7. The fraction of sp³-hybridized carbons (Fsp3) is 0.536. The molecule has 1 saturated carbocycles. The Balaban J connectivity index is 2.10.